The summed E-state index contributed by atoms with van der Waals surface area (Å²) in [5, 5.41) is 3.77. The van der Waals surface area contributed by atoms with Crippen molar-refractivity contribution in [2.45, 2.75) is 32.7 Å². The minimum absolute atomic E-state index is 0.214. The Morgan fingerprint density at radius 1 is 1.10 bits per heavy atom. The summed E-state index contributed by atoms with van der Waals surface area (Å²) in [6, 6.07) is 13.7. The third kappa shape index (κ3) is 5.38. The SMILES string of the molecule is CCc1cc(N2CCc3ccc(OC(F)(F)F)cc3C2)nc(Nc2cccc(Cl)c2)n1. The van der Waals surface area contributed by atoms with Crippen LogP contribution in [-0.4, -0.2) is 22.9 Å². The minimum Gasteiger partial charge on any atom is -0.406 e. The van der Waals surface area contributed by atoms with Crippen molar-refractivity contribution in [2.75, 3.05) is 16.8 Å². The lowest BCUT2D eigenvalue weighted by molar-refractivity contribution is -0.274. The monoisotopic (exact) mass is 448 g/mol. The van der Waals surface area contributed by atoms with Gasteiger partial charge in [0.2, 0.25) is 5.95 Å². The first-order chi connectivity index (χ1) is 14.8. The Hall–Kier alpha value is -3.00. The van der Waals surface area contributed by atoms with Gasteiger partial charge in [0.1, 0.15) is 11.6 Å². The summed E-state index contributed by atoms with van der Waals surface area (Å²) in [6.07, 6.45) is -3.30. The zero-order chi connectivity index (χ0) is 22.0. The molecule has 0 radical (unpaired) electrons. The van der Waals surface area contributed by atoms with E-state index in [1.165, 1.54) is 12.1 Å². The van der Waals surface area contributed by atoms with Crippen molar-refractivity contribution in [3.05, 3.63) is 70.4 Å². The molecule has 0 bridgehead atoms. The number of ether oxygens (including phenoxy) is 1. The van der Waals surface area contributed by atoms with E-state index in [0.29, 0.717) is 42.7 Å². The fourth-order valence-electron chi connectivity index (χ4n) is 3.50. The summed E-state index contributed by atoms with van der Waals surface area (Å²) < 4.78 is 41.8. The van der Waals surface area contributed by atoms with Gasteiger partial charge in [-0.2, -0.15) is 4.98 Å². The average molecular weight is 449 g/mol. The van der Waals surface area contributed by atoms with E-state index >= 15 is 0 Å². The second-order valence-electron chi connectivity index (χ2n) is 7.18. The van der Waals surface area contributed by atoms with Crippen molar-refractivity contribution in [3.63, 3.8) is 0 Å². The molecule has 9 heteroatoms. The van der Waals surface area contributed by atoms with Gasteiger partial charge in [-0.3, -0.25) is 0 Å². The molecule has 3 aromatic rings. The Kier molecular flexibility index (Phi) is 5.91. The maximum absolute atomic E-state index is 12.6. The second kappa shape index (κ2) is 8.63. The van der Waals surface area contributed by atoms with Crippen LogP contribution in [0, 0.1) is 0 Å². The zero-order valence-corrected chi connectivity index (χ0v) is 17.5. The molecule has 162 valence electrons. The van der Waals surface area contributed by atoms with Crippen LogP contribution in [0.3, 0.4) is 0 Å². The van der Waals surface area contributed by atoms with Crippen molar-refractivity contribution in [3.8, 4) is 5.75 Å². The molecule has 0 spiro atoms. The largest absolute Gasteiger partial charge is 0.573 e. The molecule has 1 aliphatic heterocycles. The van der Waals surface area contributed by atoms with Gasteiger partial charge in [-0.25, -0.2) is 4.98 Å². The lowest BCUT2D eigenvalue weighted by Crippen LogP contribution is -2.31. The Labute approximate surface area is 182 Å². The number of nitrogens with zero attached hydrogens (tertiary/aromatic N) is 3. The molecule has 1 aromatic heterocycles. The molecular weight excluding hydrogens is 429 g/mol. The highest BCUT2D eigenvalue weighted by molar-refractivity contribution is 6.30. The third-order valence-electron chi connectivity index (χ3n) is 4.96. The molecule has 2 heterocycles. The number of hydrogen-bond donors (Lipinski definition) is 1. The normalized spacial score (nSPS) is 13.6. The van der Waals surface area contributed by atoms with Crippen LogP contribution in [0.25, 0.3) is 0 Å². The summed E-state index contributed by atoms with van der Waals surface area (Å²) in [5.74, 6) is 0.939. The van der Waals surface area contributed by atoms with Gasteiger partial charge in [0.25, 0.3) is 0 Å². The van der Waals surface area contributed by atoms with Crippen molar-refractivity contribution < 1.29 is 17.9 Å². The van der Waals surface area contributed by atoms with E-state index in [2.05, 4.69) is 20.0 Å². The maximum atomic E-state index is 12.6. The minimum atomic E-state index is -4.72. The number of aromatic nitrogens is 2. The van der Waals surface area contributed by atoms with Crippen LogP contribution in [0.5, 0.6) is 5.75 Å². The molecule has 1 N–H and O–H groups in total. The Morgan fingerprint density at radius 2 is 1.94 bits per heavy atom. The molecule has 0 unspecified atom stereocenters. The highest BCUT2D eigenvalue weighted by atomic mass is 35.5. The molecule has 0 saturated heterocycles. The molecule has 4 rings (SSSR count). The lowest BCUT2D eigenvalue weighted by Gasteiger charge is -2.30. The molecule has 31 heavy (non-hydrogen) atoms. The molecule has 0 saturated carbocycles. The smallest absolute Gasteiger partial charge is 0.406 e. The van der Waals surface area contributed by atoms with Crippen LogP contribution >= 0.6 is 11.6 Å². The maximum Gasteiger partial charge on any atom is 0.573 e. The summed E-state index contributed by atoms with van der Waals surface area (Å²) in [5.41, 5.74) is 3.42. The Balaban J connectivity index is 1.59. The van der Waals surface area contributed by atoms with Gasteiger partial charge in [0, 0.05) is 35.6 Å². The highest BCUT2D eigenvalue weighted by Crippen LogP contribution is 2.30. The van der Waals surface area contributed by atoms with Gasteiger partial charge in [-0.15, -0.1) is 13.2 Å². The average Bonchev–Trinajstić information content (AvgIpc) is 2.72. The summed E-state index contributed by atoms with van der Waals surface area (Å²) in [6.45, 7) is 3.13. The summed E-state index contributed by atoms with van der Waals surface area (Å²) in [4.78, 5) is 11.2. The molecule has 0 amide bonds. The number of aryl methyl sites for hydroxylation is 1. The van der Waals surface area contributed by atoms with E-state index in [1.54, 1.807) is 18.2 Å². The predicted molar refractivity (Wildman–Crippen MR) is 114 cm³/mol. The first-order valence-corrected chi connectivity index (χ1v) is 10.2. The van der Waals surface area contributed by atoms with E-state index in [4.69, 9.17) is 11.6 Å². The number of alkyl halides is 3. The van der Waals surface area contributed by atoms with Gasteiger partial charge in [0.15, 0.2) is 0 Å². The van der Waals surface area contributed by atoms with Crippen LogP contribution in [0.4, 0.5) is 30.6 Å². The fraction of sp³-hybridized carbons (Fsp3) is 0.273. The van der Waals surface area contributed by atoms with E-state index in [9.17, 15) is 13.2 Å². The van der Waals surface area contributed by atoms with Gasteiger partial charge >= 0.3 is 6.36 Å². The number of benzene rings is 2. The topological polar surface area (TPSA) is 50.3 Å². The quantitative estimate of drug-likeness (QED) is 0.527. The molecular formula is C22H20ClF3N4O. The van der Waals surface area contributed by atoms with Crippen molar-refractivity contribution in [2.24, 2.45) is 0 Å². The van der Waals surface area contributed by atoms with E-state index in [1.807, 2.05) is 30.0 Å². The third-order valence-corrected chi connectivity index (χ3v) is 5.19. The molecule has 5 nitrogen and oxygen atoms in total. The van der Waals surface area contributed by atoms with E-state index in [-0.39, 0.29) is 5.75 Å². The van der Waals surface area contributed by atoms with Crippen LogP contribution in [0.2, 0.25) is 5.02 Å². The van der Waals surface area contributed by atoms with Gasteiger partial charge in [-0.05, 0) is 54.3 Å². The van der Waals surface area contributed by atoms with E-state index in [0.717, 1.165) is 22.5 Å². The van der Waals surface area contributed by atoms with Crippen LogP contribution < -0.4 is 15.0 Å². The standard InChI is InChI=1S/C22H20ClF3N4O/c1-2-17-12-20(29-21(27-17)28-18-5-3-4-16(23)11-18)30-9-8-14-6-7-19(10-15(14)13-30)31-22(24,25)26/h3-7,10-12H,2,8-9,13H2,1H3,(H,27,28,29). The number of anilines is 3. The molecule has 0 atom stereocenters. The van der Waals surface area contributed by atoms with Crippen LogP contribution in [0.1, 0.15) is 23.7 Å². The van der Waals surface area contributed by atoms with Gasteiger partial charge < -0.3 is 15.0 Å². The lowest BCUT2D eigenvalue weighted by atomic mass is 9.99. The molecule has 2 aromatic carbocycles. The zero-order valence-electron chi connectivity index (χ0n) is 16.7. The molecule has 0 fully saturated rings. The van der Waals surface area contributed by atoms with Gasteiger partial charge in [0.05, 0.1) is 0 Å². The number of fused-ring (bicyclic) bond motifs is 1. The highest BCUT2D eigenvalue weighted by Gasteiger charge is 2.31. The van der Waals surface area contributed by atoms with Crippen molar-refractivity contribution in [1.82, 2.24) is 9.97 Å². The van der Waals surface area contributed by atoms with Crippen molar-refractivity contribution in [1.29, 1.82) is 0 Å². The first kappa shape index (κ1) is 21.2. The summed E-state index contributed by atoms with van der Waals surface area (Å²) >= 11 is 6.05. The number of rotatable bonds is 5. The van der Waals surface area contributed by atoms with Crippen LogP contribution in [-0.2, 0) is 19.4 Å². The Bertz CT molecular complexity index is 1090. The summed E-state index contributed by atoms with van der Waals surface area (Å²) in [7, 11) is 0. The van der Waals surface area contributed by atoms with E-state index < -0.39 is 6.36 Å². The Morgan fingerprint density at radius 3 is 2.68 bits per heavy atom. The fourth-order valence-corrected chi connectivity index (χ4v) is 3.69. The van der Waals surface area contributed by atoms with Crippen molar-refractivity contribution >= 4 is 29.1 Å². The van der Waals surface area contributed by atoms with Crippen LogP contribution in [0.15, 0.2) is 48.5 Å². The number of halogens is 4. The second-order valence-corrected chi connectivity index (χ2v) is 7.62. The number of nitrogens with one attached hydrogen (secondary N) is 1. The number of hydrogen-bond acceptors (Lipinski definition) is 5. The predicted octanol–water partition coefficient (Wildman–Crippen LogP) is 5.90. The molecule has 0 aliphatic carbocycles. The molecule has 1 aliphatic rings. The first-order valence-electron chi connectivity index (χ1n) is 9.82. The van der Waals surface area contributed by atoms with Gasteiger partial charge in [-0.1, -0.05) is 30.7 Å².